The molecule has 0 saturated carbocycles. The van der Waals surface area contributed by atoms with Crippen LogP contribution in [0.25, 0.3) is 0 Å². The first-order chi connectivity index (χ1) is 11.1. The molecule has 1 amide bonds. The number of anilines is 1. The van der Waals surface area contributed by atoms with E-state index >= 15 is 0 Å². The molecule has 0 saturated heterocycles. The van der Waals surface area contributed by atoms with Crippen molar-refractivity contribution in [2.45, 2.75) is 18.3 Å². The molecule has 0 radical (unpaired) electrons. The molecule has 0 spiro atoms. The van der Waals surface area contributed by atoms with Crippen molar-refractivity contribution in [1.82, 2.24) is 14.8 Å². The first kappa shape index (κ1) is 18.0. The second kappa shape index (κ2) is 9.04. The summed E-state index contributed by atoms with van der Waals surface area (Å²) in [5.74, 6) is 0.888. The molecule has 0 aliphatic heterocycles. The Labute approximate surface area is 152 Å². The molecule has 0 bridgehead atoms. The smallest absolute Gasteiger partial charge is 0.234 e. The van der Waals surface area contributed by atoms with Crippen molar-refractivity contribution in [2.75, 3.05) is 18.2 Å². The van der Waals surface area contributed by atoms with E-state index < -0.39 is 0 Å². The van der Waals surface area contributed by atoms with Crippen LogP contribution in [0.5, 0.6) is 0 Å². The number of nitrogens with one attached hydrogen (secondary N) is 1. The summed E-state index contributed by atoms with van der Waals surface area (Å²) in [7, 11) is 1.61. The third kappa shape index (κ3) is 5.33. The normalized spacial score (nSPS) is 10.5. The van der Waals surface area contributed by atoms with E-state index in [0.717, 1.165) is 9.26 Å². The number of amides is 1. The Morgan fingerprint density at radius 2 is 2.17 bits per heavy atom. The Morgan fingerprint density at radius 3 is 2.83 bits per heavy atom. The van der Waals surface area contributed by atoms with Gasteiger partial charge in [0.1, 0.15) is 6.61 Å². The Morgan fingerprint density at radius 1 is 1.43 bits per heavy atom. The Kier molecular flexibility index (Phi) is 7.06. The molecule has 0 aliphatic carbocycles. The van der Waals surface area contributed by atoms with E-state index in [9.17, 15) is 4.79 Å². The number of rotatable bonds is 8. The van der Waals surface area contributed by atoms with E-state index in [0.29, 0.717) is 24.1 Å². The van der Waals surface area contributed by atoms with Gasteiger partial charge in [0, 0.05) is 22.9 Å². The standard InChI is InChI=1S/C15H17IN4O2S/c1-3-8-20-13(9-22-2)18-19-15(20)23-10-14(21)17-12-6-4-11(16)5-7-12/h3-7H,1,8-10H2,2H3,(H,17,21). The van der Waals surface area contributed by atoms with Crippen molar-refractivity contribution < 1.29 is 9.53 Å². The highest BCUT2D eigenvalue weighted by molar-refractivity contribution is 14.1. The monoisotopic (exact) mass is 444 g/mol. The maximum absolute atomic E-state index is 12.0. The second-order valence-electron chi connectivity index (χ2n) is 4.57. The summed E-state index contributed by atoms with van der Waals surface area (Å²) in [5.41, 5.74) is 0.781. The predicted octanol–water partition coefficient (Wildman–Crippen LogP) is 2.95. The third-order valence-electron chi connectivity index (χ3n) is 2.84. The third-order valence-corrected chi connectivity index (χ3v) is 4.52. The van der Waals surface area contributed by atoms with Gasteiger partial charge in [0.05, 0.1) is 5.75 Å². The van der Waals surface area contributed by atoms with Crippen LogP contribution in [0.15, 0.2) is 42.1 Å². The molecule has 8 heteroatoms. The minimum absolute atomic E-state index is 0.0855. The topological polar surface area (TPSA) is 69.0 Å². The number of hydrogen-bond acceptors (Lipinski definition) is 5. The average Bonchev–Trinajstić information content (AvgIpc) is 2.91. The Bertz CT molecular complexity index is 673. The number of methoxy groups -OCH3 is 1. The quantitative estimate of drug-likeness (QED) is 0.385. The molecule has 0 fully saturated rings. The number of carbonyl (C=O) groups excluding carboxylic acids is 1. The highest BCUT2D eigenvalue weighted by atomic mass is 127. The van der Waals surface area contributed by atoms with Gasteiger partial charge in [-0.2, -0.15) is 0 Å². The largest absolute Gasteiger partial charge is 0.377 e. The number of halogens is 1. The van der Waals surface area contributed by atoms with E-state index in [4.69, 9.17) is 4.74 Å². The van der Waals surface area contributed by atoms with Crippen LogP contribution in [-0.4, -0.2) is 33.5 Å². The van der Waals surface area contributed by atoms with E-state index in [1.807, 2.05) is 28.8 Å². The lowest BCUT2D eigenvalue weighted by atomic mass is 10.3. The van der Waals surface area contributed by atoms with Crippen LogP contribution in [0.4, 0.5) is 5.69 Å². The van der Waals surface area contributed by atoms with Crippen molar-refractivity contribution >= 4 is 45.9 Å². The highest BCUT2D eigenvalue weighted by Crippen LogP contribution is 2.18. The molecule has 6 nitrogen and oxygen atoms in total. The van der Waals surface area contributed by atoms with E-state index in [-0.39, 0.29) is 11.7 Å². The van der Waals surface area contributed by atoms with Gasteiger partial charge in [-0.15, -0.1) is 16.8 Å². The number of thioether (sulfide) groups is 1. The Balaban J connectivity index is 1.95. The van der Waals surface area contributed by atoms with Gasteiger partial charge in [0.15, 0.2) is 11.0 Å². The summed E-state index contributed by atoms with van der Waals surface area (Å²) < 4.78 is 8.11. The minimum Gasteiger partial charge on any atom is -0.377 e. The van der Waals surface area contributed by atoms with Gasteiger partial charge in [-0.1, -0.05) is 17.8 Å². The SMILES string of the molecule is C=CCn1c(COC)nnc1SCC(=O)Nc1ccc(I)cc1. The molecule has 1 heterocycles. The number of aromatic nitrogens is 3. The van der Waals surface area contributed by atoms with Crippen molar-refractivity contribution in [1.29, 1.82) is 0 Å². The van der Waals surface area contributed by atoms with Gasteiger partial charge in [-0.3, -0.25) is 4.79 Å². The fourth-order valence-corrected chi connectivity index (χ4v) is 2.96. The van der Waals surface area contributed by atoms with Crippen LogP contribution in [-0.2, 0) is 22.7 Å². The first-order valence-corrected chi connectivity index (χ1v) is 8.90. The lowest BCUT2D eigenvalue weighted by molar-refractivity contribution is -0.113. The van der Waals surface area contributed by atoms with Crippen LogP contribution < -0.4 is 5.32 Å². The molecule has 1 aromatic carbocycles. The van der Waals surface area contributed by atoms with Gasteiger partial charge in [0.25, 0.3) is 0 Å². The van der Waals surface area contributed by atoms with Crippen LogP contribution in [0.1, 0.15) is 5.82 Å². The van der Waals surface area contributed by atoms with Crippen molar-refractivity contribution in [2.24, 2.45) is 0 Å². The lowest BCUT2D eigenvalue weighted by Crippen LogP contribution is -2.14. The minimum atomic E-state index is -0.0855. The summed E-state index contributed by atoms with van der Waals surface area (Å²) in [5, 5.41) is 11.7. The zero-order valence-corrected chi connectivity index (χ0v) is 15.6. The zero-order chi connectivity index (χ0) is 16.7. The van der Waals surface area contributed by atoms with Gasteiger partial charge < -0.3 is 14.6 Å². The molecule has 1 N–H and O–H groups in total. The molecule has 0 unspecified atom stereocenters. The van der Waals surface area contributed by atoms with Crippen molar-refractivity contribution in [3.8, 4) is 0 Å². The number of hydrogen-bond donors (Lipinski definition) is 1. The molecule has 0 aliphatic rings. The maximum Gasteiger partial charge on any atom is 0.234 e. The average molecular weight is 444 g/mol. The summed E-state index contributed by atoms with van der Waals surface area (Å²) in [6, 6.07) is 7.64. The molecule has 0 atom stereocenters. The van der Waals surface area contributed by atoms with Crippen LogP contribution in [0.3, 0.4) is 0 Å². The van der Waals surface area contributed by atoms with E-state index in [2.05, 4.69) is 44.7 Å². The predicted molar refractivity (Wildman–Crippen MR) is 99.4 cm³/mol. The lowest BCUT2D eigenvalue weighted by Gasteiger charge is -2.07. The van der Waals surface area contributed by atoms with E-state index in [1.54, 1.807) is 13.2 Å². The number of carbonyl (C=O) groups is 1. The molecule has 122 valence electrons. The van der Waals surface area contributed by atoms with Gasteiger partial charge in [0.2, 0.25) is 5.91 Å². The van der Waals surface area contributed by atoms with Gasteiger partial charge in [-0.05, 0) is 46.9 Å². The zero-order valence-electron chi connectivity index (χ0n) is 12.7. The van der Waals surface area contributed by atoms with Crippen LogP contribution in [0.2, 0.25) is 0 Å². The number of benzene rings is 1. The number of allylic oxidation sites excluding steroid dienone is 1. The first-order valence-electron chi connectivity index (χ1n) is 6.84. The highest BCUT2D eigenvalue weighted by Gasteiger charge is 2.13. The molecule has 2 rings (SSSR count). The summed E-state index contributed by atoms with van der Waals surface area (Å²) in [6.45, 7) is 4.68. The Hall–Kier alpha value is -1.39. The van der Waals surface area contributed by atoms with Crippen LogP contribution >= 0.6 is 34.4 Å². The maximum atomic E-state index is 12.0. The molecule has 23 heavy (non-hydrogen) atoms. The molecule has 1 aromatic heterocycles. The summed E-state index contributed by atoms with van der Waals surface area (Å²) in [6.07, 6.45) is 1.76. The van der Waals surface area contributed by atoms with E-state index in [1.165, 1.54) is 11.8 Å². The summed E-state index contributed by atoms with van der Waals surface area (Å²) >= 11 is 3.56. The number of nitrogens with zero attached hydrogens (tertiary/aromatic N) is 3. The molecular formula is C15H17IN4O2S. The molecular weight excluding hydrogens is 427 g/mol. The van der Waals surface area contributed by atoms with Gasteiger partial charge in [-0.25, -0.2) is 0 Å². The van der Waals surface area contributed by atoms with Crippen molar-refractivity contribution in [3.63, 3.8) is 0 Å². The van der Waals surface area contributed by atoms with Gasteiger partial charge >= 0.3 is 0 Å². The fourth-order valence-electron chi connectivity index (χ4n) is 1.83. The second-order valence-corrected chi connectivity index (χ2v) is 6.76. The number of ether oxygens (including phenoxy) is 1. The van der Waals surface area contributed by atoms with Crippen molar-refractivity contribution in [3.05, 3.63) is 46.3 Å². The fraction of sp³-hybridized carbons (Fsp3) is 0.267. The summed E-state index contributed by atoms with van der Waals surface area (Å²) in [4.78, 5) is 12.0. The molecule has 2 aromatic rings. The van der Waals surface area contributed by atoms with Crippen LogP contribution in [0, 0.1) is 3.57 Å².